The van der Waals surface area contributed by atoms with E-state index in [2.05, 4.69) is 51.1 Å². The molecule has 3 fully saturated rings. The molecule has 0 spiro atoms. The van der Waals surface area contributed by atoms with E-state index in [-0.39, 0.29) is 12.2 Å². The van der Waals surface area contributed by atoms with Crippen molar-refractivity contribution in [1.29, 1.82) is 0 Å². The number of fused-ring (bicyclic) bond motifs is 5. The predicted octanol–water partition coefficient (Wildman–Crippen LogP) is 4.60. The van der Waals surface area contributed by atoms with Crippen LogP contribution in [0, 0.1) is 22.7 Å². The summed E-state index contributed by atoms with van der Waals surface area (Å²) in [4.78, 5) is 0. The summed E-state index contributed by atoms with van der Waals surface area (Å²) in [6, 6.07) is 10.6. The minimum atomic E-state index is 0.0675. The smallest absolute Gasteiger partial charge is 0.108 e. The van der Waals surface area contributed by atoms with Crippen LogP contribution in [0.2, 0.25) is 0 Å². The molecule has 2 saturated carbocycles. The Morgan fingerprint density at radius 1 is 1.18 bits per heavy atom. The summed E-state index contributed by atoms with van der Waals surface area (Å²) in [6.07, 6.45) is 4.55. The van der Waals surface area contributed by atoms with Gasteiger partial charge in [0.25, 0.3) is 0 Å². The molecule has 2 nitrogen and oxygen atoms in total. The van der Waals surface area contributed by atoms with Gasteiger partial charge < -0.3 is 9.47 Å². The van der Waals surface area contributed by atoms with Gasteiger partial charge >= 0.3 is 0 Å². The first kappa shape index (κ1) is 14.7. The van der Waals surface area contributed by atoms with Crippen molar-refractivity contribution in [1.82, 2.24) is 0 Å². The van der Waals surface area contributed by atoms with Crippen molar-refractivity contribution in [3.05, 3.63) is 35.9 Å². The van der Waals surface area contributed by atoms with E-state index in [1.54, 1.807) is 0 Å². The molecule has 22 heavy (non-hydrogen) atoms. The summed E-state index contributed by atoms with van der Waals surface area (Å²) in [7, 11) is 1.81. The van der Waals surface area contributed by atoms with Gasteiger partial charge in [-0.25, -0.2) is 0 Å². The Hall–Kier alpha value is -0.860. The monoisotopic (exact) mass is 300 g/mol. The Bertz CT molecular complexity index is 552. The van der Waals surface area contributed by atoms with Gasteiger partial charge in [0.05, 0.1) is 12.2 Å². The average molecular weight is 300 g/mol. The van der Waals surface area contributed by atoms with Crippen LogP contribution >= 0.6 is 0 Å². The van der Waals surface area contributed by atoms with Crippen molar-refractivity contribution >= 4 is 0 Å². The van der Waals surface area contributed by atoms with Crippen molar-refractivity contribution in [2.75, 3.05) is 7.11 Å². The molecule has 0 unspecified atom stereocenters. The standard InChI is InChI=1S/C20H28O2/c1-19(2)15-10-11-20(19,3)18-14(15)12-16(22-18)17(21-4)13-8-6-5-7-9-13/h5-9,14-18H,10-12H2,1-4H3/t14-,15-,16-,17+,18-,20+/m1/s1. The van der Waals surface area contributed by atoms with Gasteiger partial charge in [0.15, 0.2) is 0 Å². The van der Waals surface area contributed by atoms with Gasteiger partial charge in [0, 0.05) is 7.11 Å². The minimum absolute atomic E-state index is 0.0675. The van der Waals surface area contributed by atoms with E-state index in [4.69, 9.17) is 9.47 Å². The minimum Gasteiger partial charge on any atom is -0.374 e. The van der Waals surface area contributed by atoms with E-state index < -0.39 is 0 Å². The second-order valence-electron chi connectivity index (χ2n) is 8.35. The van der Waals surface area contributed by atoms with E-state index in [0.717, 1.165) is 18.3 Å². The van der Waals surface area contributed by atoms with E-state index in [1.165, 1.54) is 18.4 Å². The van der Waals surface area contributed by atoms with Crippen molar-refractivity contribution in [2.45, 2.75) is 58.3 Å². The van der Waals surface area contributed by atoms with Gasteiger partial charge in [-0.3, -0.25) is 0 Å². The maximum Gasteiger partial charge on any atom is 0.108 e. The van der Waals surface area contributed by atoms with Gasteiger partial charge in [-0.05, 0) is 47.5 Å². The van der Waals surface area contributed by atoms with Gasteiger partial charge in [-0.1, -0.05) is 51.1 Å². The van der Waals surface area contributed by atoms with Crippen LogP contribution in [0.1, 0.15) is 51.7 Å². The molecule has 0 radical (unpaired) electrons. The molecule has 0 aromatic heterocycles. The number of hydrogen-bond donors (Lipinski definition) is 0. The highest BCUT2D eigenvalue weighted by Gasteiger charge is 2.69. The van der Waals surface area contributed by atoms with Crippen LogP contribution in [-0.4, -0.2) is 19.3 Å². The van der Waals surface area contributed by atoms with Crippen LogP contribution < -0.4 is 0 Å². The molecular formula is C20H28O2. The van der Waals surface area contributed by atoms with E-state index >= 15 is 0 Å². The first-order valence-electron chi connectivity index (χ1n) is 8.72. The summed E-state index contributed by atoms with van der Waals surface area (Å²) < 4.78 is 12.5. The van der Waals surface area contributed by atoms with Crippen molar-refractivity contribution in [3.8, 4) is 0 Å². The normalized spacial score (nSPS) is 43.3. The molecule has 6 atom stereocenters. The van der Waals surface area contributed by atoms with Crippen LogP contribution in [0.5, 0.6) is 0 Å². The highest BCUT2D eigenvalue weighted by atomic mass is 16.5. The Kier molecular flexibility index (Phi) is 3.22. The second-order valence-corrected chi connectivity index (χ2v) is 8.35. The van der Waals surface area contributed by atoms with E-state index in [0.29, 0.717) is 16.9 Å². The lowest BCUT2D eigenvalue weighted by Gasteiger charge is -2.39. The molecule has 1 aromatic rings. The van der Waals surface area contributed by atoms with Crippen molar-refractivity contribution in [2.24, 2.45) is 22.7 Å². The fourth-order valence-electron chi connectivity index (χ4n) is 5.89. The van der Waals surface area contributed by atoms with Crippen molar-refractivity contribution in [3.63, 3.8) is 0 Å². The molecule has 0 N–H and O–H groups in total. The van der Waals surface area contributed by atoms with Gasteiger partial charge in [-0.15, -0.1) is 0 Å². The third-order valence-electron chi connectivity index (χ3n) is 7.45. The SMILES string of the molecule is CO[C@@H](c1ccccc1)[C@H]1C[C@@H]2[C@H]3CC[C@@](C)([C@@H]2O1)C3(C)C. The lowest BCUT2D eigenvalue weighted by molar-refractivity contribution is -0.101. The number of benzene rings is 1. The molecule has 1 aromatic carbocycles. The Labute approximate surface area is 134 Å². The van der Waals surface area contributed by atoms with Crippen LogP contribution in [0.25, 0.3) is 0 Å². The molecule has 1 saturated heterocycles. The molecule has 120 valence electrons. The summed E-state index contributed by atoms with van der Waals surface area (Å²) in [5.74, 6) is 1.54. The highest BCUT2D eigenvalue weighted by Crippen LogP contribution is 2.71. The molecule has 2 heteroatoms. The fourth-order valence-corrected chi connectivity index (χ4v) is 5.89. The Morgan fingerprint density at radius 2 is 1.91 bits per heavy atom. The predicted molar refractivity (Wildman–Crippen MR) is 87.6 cm³/mol. The van der Waals surface area contributed by atoms with E-state index in [1.807, 2.05) is 7.11 Å². The van der Waals surface area contributed by atoms with Gasteiger partial charge in [-0.2, -0.15) is 0 Å². The average Bonchev–Trinajstić information content (AvgIpc) is 3.07. The molecule has 4 rings (SSSR count). The van der Waals surface area contributed by atoms with Gasteiger partial charge in [0.1, 0.15) is 6.10 Å². The quantitative estimate of drug-likeness (QED) is 0.812. The second kappa shape index (κ2) is 4.82. The Morgan fingerprint density at radius 3 is 2.55 bits per heavy atom. The fraction of sp³-hybridized carbons (Fsp3) is 0.700. The lowest BCUT2D eigenvalue weighted by Crippen LogP contribution is -2.38. The summed E-state index contributed by atoms with van der Waals surface area (Å²) >= 11 is 0. The number of methoxy groups -OCH3 is 1. The molecule has 3 aliphatic rings. The number of ether oxygens (including phenoxy) is 2. The molecule has 2 bridgehead atoms. The first-order valence-corrected chi connectivity index (χ1v) is 8.72. The number of hydrogen-bond acceptors (Lipinski definition) is 2. The summed E-state index contributed by atoms with van der Waals surface area (Å²) in [6.45, 7) is 7.39. The summed E-state index contributed by atoms with van der Waals surface area (Å²) in [5, 5.41) is 0. The highest BCUT2D eigenvalue weighted by molar-refractivity contribution is 5.22. The van der Waals surface area contributed by atoms with Crippen LogP contribution in [-0.2, 0) is 9.47 Å². The van der Waals surface area contributed by atoms with Crippen LogP contribution in [0.4, 0.5) is 0 Å². The molecule has 1 heterocycles. The number of rotatable bonds is 3. The first-order chi connectivity index (χ1) is 10.5. The van der Waals surface area contributed by atoms with Crippen LogP contribution in [0.15, 0.2) is 30.3 Å². The zero-order chi connectivity index (χ0) is 15.5. The zero-order valence-corrected chi connectivity index (χ0v) is 14.2. The maximum atomic E-state index is 6.64. The third-order valence-corrected chi connectivity index (χ3v) is 7.45. The molecule has 0 amide bonds. The largest absolute Gasteiger partial charge is 0.374 e. The molecule has 1 aliphatic heterocycles. The van der Waals surface area contributed by atoms with E-state index in [9.17, 15) is 0 Å². The lowest BCUT2D eigenvalue weighted by atomic mass is 9.70. The van der Waals surface area contributed by atoms with Crippen LogP contribution in [0.3, 0.4) is 0 Å². The topological polar surface area (TPSA) is 18.5 Å². The maximum absolute atomic E-state index is 6.64. The molecule has 2 aliphatic carbocycles. The molecular weight excluding hydrogens is 272 g/mol. The third kappa shape index (κ3) is 1.74. The van der Waals surface area contributed by atoms with Crippen molar-refractivity contribution < 1.29 is 9.47 Å². The summed E-state index contributed by atoms with van der Waals surface area (Å²) in [5.41, 5.74) is 2.00. The zero-order valence-electron chi connectivity index (χ0n) is 14.2. The van der Waals surface area contributed by atoms with Gasteiger partial charge in [0.2, 0.25) is 0 Å². The Balaban J connectivity index is 1.60.